The molecule has 0 heterocycles. The number of nitrogens with zero attached hydrogens (tertiary/aromatic N) is 1. The van der Waals surface area contributed by atoms with Crippen LogP contribution in [0.2, 0.25) is 1.41 Å². The number of nitrogens with one attached hydrogen (secondary N) is 1. The molecule has 0 aliphatic carbocycles. The van der Waals surface area contributed by atoms with Gasteiger partial charge >= 0.3 is 0 Å². The lowest BCUT2D eigenvalue weighted by atomic mass is 10.1. The van der Waals surface area contributed by atoms with Crippen LogP contribution in [0.25, 0.3) is 10.8 Å². The fraction of sp³-hybridized carbons (Fsp3) is 0. The molecule has 8 heteroatoms. The van der Waals surface area contributed by atoms with Crippen molar-refractivity contribution in [1.29, 1.82) is 5.52 Å². The molecule has 94 valence electrons. The molecule has 0 amide bonds. The number of nitrogens with two attached hydrogens (primary N) is 1. The molecule has 0 bridgehead atoms. The van der Waals surface area contributed by atoms with Gasteiger partial charge in [0, 0.05) is 11.1 Å². The normalized spacial score (nSPS) is 12.2. The molecular weight excluding hydrogens is 258 g/mol. The molecule has 7 nitrogen and oxygen atoms in total. The van der Waals surface area contributed by atoms with E-state index in [9.17, 15) is 5.11 Å². The summed E-state index contributed by atoms with van der Waals surface area (Å²) in [6.45, 7) is 0. The standard InChI is InChI=1S/C10H9N3O4S/c11-6-3-1-2-5-4-7(18-17-16-15)9(13-12)10(14)8(5)6/h1-4,12,14-15H,11H2/i/hD. The van der Waals surface area contributed by atoms with Gasteiger partial charge in [-0.2, -0.15) is 5.11 Å². The minimum Gasteiger partial charge on any atom is -0.505 e. The molecule has 0 saturated heterocycles. The molecule has 0 saturated carbocycles. The fourth-order valence-corrected chi connectivity index (χ4v) is 2.13. The highest BCUT2D eigenvalue weighted by Crippen LogP contribution is 2.44. The first-order valence-electron chi connectivity index (χ1n) is 5.17. The van der Waals surface area contributed by atoms with Crippen molar-refractivity contribution < 1.29 is 21.1 Å². The Morgan fingerprint density at radius 2 is 2.33 bits per heavy atom. The van der Waals surface area contributed by atoms with Gasteiger partial charge in [-0.1, -0.05) is 17.2 Å². The van der Waals surface area contributed by atoms with E-state index < -0.39 is 0 Å². The first-order chi connectivity index (χ1) is 9.19. The molecule has 0 unspecified atom stereocenters. The van der Waals surface area contributed by atoms with Crippen LogP contribution in [0.3, 0.4) is 0 Å². The predicted molar refractivity (Wildman–Crippen MR) is 65.5 cm³/mol. The van der Waals surface area contributed by atoms with Gasteiger partial charge in [0.1, 0.15) is 5.69 Å². The van der Waals surface area contributed by atoms with E-state index in [1.54, 1.807) is 24.3 Å². The summed E-state index contributed by atoms with van der Waals surface area (Å²) in [6, 6.07) is 6.69. The van der Waals surface area contributed by atoms with Crippen molar-refractivity contribution in [3.63, 3.8) is 0 Å². The quantitative estimate of drug-likeness (QED) is 0.222. The summed E-state index contributed by atoms with van der Waals surface area (Å²) in [5.41, 5.74) is 9.03. The van der Waals surface area contributed by atoms with Crippen molar-refractivity contribution in [1.82, 2.24) is 0 Å². The third kappa shape index (κ3) is 2.09. The number of hydrogen-bond donors (Lipinski definition) is 4. The van der Waals surface area contributed by atoms with Crippen molar-refractivity contribution in [2.45, 2.75) is 4.90 Å². The molecule has 2 rings (SSSR count). The zero-order chi connectivity index (χ0) is 13.8. The number of hydrogen-bond acceptors (Lipinski definition) is 8. The molecule has 0 aliphatic rings. The van der Waals surface area contributed by atoms with E-state index >= 15 is 0 Å². The second kappa shape index (κ2) is 5.19. The average Bonchev–Trinajstić information content (AvgIpc) is 2.40. The van der Waals surface area contributed by atoms with Gasteiger partial charge in [0.25, 0.3) is 0 Å². The molecule has 5 N–H and O–H groups in total. The van der Waals surface area contributed by atoms with Gasteiger partial charge in [-0.3, -0.25) is 0 Å². The SMILES string of the molecule is [2H]N=Nc1c(SOOO)cc2cccc(N)c2c1O. The van der Waals surface area contributed by atoms with Crippen LogP contribution in [0.1, 0.15) is 0 Å². The number of rotatable bonds is 4. The van der Waals surface area contributed by atoms with Crippen molar-refractivity contribution in [2.24, 2.45) is 5.11 Å². The average molecular weight is 268 g/mol. The maximum absolute atomic E-state index is 10.2. The molecule has 0 aliphatic heterocycles. The monoisotopic (exact) mass is 268 g/mol. The van der Waals surface area contributed by atoms with Gasteiger partial charge in [-0.05, 0) is 17.5 Å². The van der Waals surface area contributed by atoms with Crippen LogP contribution in [0.15, 0.2) is 34.3 Å². The minimum atomic E-state index is -0.226. The van der Waals surface area contributed by atoms with Crippen molar-refractivity contribution in [2.75, 3.05) is 5.73 Å². The van der Waals surface area contributed by atoms with Crippen LogP contribution in [0.5, 0.6) is 5.75 Å². The zero-order valence-corrected chi connectivity index (χ0v) is 9.72. The molecule has 2 aromatic rings. The highest BCUT2D eigenvalue weighted by atomic mass is 32.2. The predicted octanol–water partition coefficient (Wildman–Crippen LogP) is 3.22. The lowest BCUT2D eigenvalue weighted by molar-refractivity contribution is -0.432. The Morgan fingerprint density at radius 1 is 1.50 bits per heavy atom. The summed E-state index contributed by atoms with van der Waals surface area (Å²) in [7, 11) is 0. The summed E-state index contributed by atoms with van der Waals surface area (Å²) < 4.78 is 11.1. The number of nitrogen functional groups attached to an aromatic ring is 1. The fourth-order valence-electron chi connectivity index (χ4n) is 1.64. The van der Waals surface area contributed by atoms with Crippen LogP contribution >= 0.6 is 12.0 Å². The maximum atomic E-state index is 10.2. The van der Waals surface area contributed by atoms with Crippen LogP contribution in [0, 0.1) is 5.52 Å². The summed E-state index contributed by atoms with van der Waals surface area (Å²) in [5, 5.41) is 26.3. The molecular formula is C10H9N3O4S. The lowest BCUT2D eigenvalue weighted by Crippen LogP contribution is -1.89. The maximum Gasteiger partial charge on any atom is 0.214 e. The van der Waals surface area contributed by atoms with Gasteiger partial charge in [-0.25, -0.2) is 10.8 Å². The Balaban J connectivity index is 2.70. The highest BCUT2D eigenvalue weighted by molar-refractivity contribution is 7.94. The number of phenols is 1. The Morgan fingerprint density at radius 3 is 3.06 bits per heavy atom. The zero-order valence-electron chi connectivity index (χ0n) is 9.90. The Hall–Kier alpha value is -1.87. The number of anilines is 1. The minimum absolute atomic E-state index is 0.00227. The molecule has 18 heavy (non-hydrogen) atoms. The van der Waals surface area contributed by atoms with Gasteiger partial charge in [0.15, 0.2) is 5.75 Å². The number of fused-ring (bicyclic) bond motifs is 1. The van der Waals surface area contributed by atoms with Gasteiger partial charge in [0.05, 0.1) is 16.9 Å². The summed E-state index contributed by atoms with van der Waals surface area (Å²) in [4.78, 5) is 0.306. The smallest absolute Gasteiger partial charge is 0.214 e. The largest absolute Gasteiger partial charge is 0.505 e. The molecule has 0 radical (unpaired) electrons. The molecule has 2 aromatic carbocycles. The van der Waals surface area contributed by atoms with E-state index in [1.165, 1.54) is 0 Å². The molecule has 0 spiro atoms. The summed E-state index contributed by atoms with van der Waals surface area (Å²) in [5.74, 6) is -0.226. The van der Waals surface area contributed by atoms with Gasteiger partial charge < -0.3 is 10.8 Å². The first kappa shape index (κ1) is 11.2. The summed E-state index contributed by atoms with van der Waals surface area (Å²) in [6.07, 6.45) is 0. The van der Waals surface area contributed by atoms with E-state index in [2.05, 4.69) is 20.0 Å². The van der Waals surface area contributed by atoms with Crippen molar-refractivity contribution in [3.05, 3.63) is 24.3 Å². The Labute approximate surface area is 107 Å². The third-order valence-corrected chi connectivity index (χ3v) is 2.98. The van der Waals surface area contributed by atoms with Crippen LogP contribution in [-0.2, 0) is 9.37 Å². The highest BCUT2D eigenvalue weighted by Gasteiger charge is 2.15. The lowest BCUT2D eigenvalue weighted by Gasteiger charge is -2.09. The number of phenolic OH excluding ortho intramolecular Hbond substituents is 1. The van der Waals surface area contributed by atoms with Crippen molar-refractivity contribution in [3.8, 4) is 5.75 Å². The first-order valence-corrected chi connectivity index (χ1v) is 5.47. The molecule has 0 aromatic heterocycles. The van der Waals surface area contributed by atoms with Crippen LogP contribution < -0.4 is 5.73 Å². The van der Waals surface area contributed by atoms with E-state index in [-0.39, 0.29) is 11.4 Å². The van der Waals surface area contributed by atoms with E-state index in [4.69, 9.17) is 12.4 Å². The van der Waals surface area contributed by atoms with E-state index in [1.807, 2.05) is 0 Å². The van der Waals surface area contributed by atoms with Gasteiger partial charge in [-0.15, -0.1) is 4.33 Å². The summed E-state index contributed by atoms with van der Waals surface area (Å²) >= 11 is 0.612. The third-order valence-electron chi connectivity index (χ3n) is 2.36. The van der Waals surface area contributed by atoms with Crippen LogP contribution in [-0.4, -0.2) is 10.4 Å². The number of aromatic hydroxyl groups is 1. The van der Waals surface area contributed by atoms with Gasteiger partial charge in [0.2, 0.25) is 1.41 Å². The van der Waals surface area contributed by atoms with E-state index in [0.717, 1.165) is 0 Å². The van der Waals surface area contributed by atoms with Crippen LogP contribution in [0.4, 0.5) is 11.4 Å². The second-order valence-corrected chi connectivity index (χ2v) is 4.09. The Kier molecular flexibility index (Phi) is 3.24. The Bertz CT molecular complexity index is 638. The van der Waals surface area contributed by atoms with E-state index in [0.29, 0.717) is 33.4 Å². The molecule has 0 atom stereocenters. The second-order valence-electron chi connectivity index (χ2n) is 3.34. The molecule has 0 fully saturated rings. The number of benzene rings is 2. The van der Waals surface area contributed by atoms with Crippen molar-refractivity contribution >= 4 is 34.2 Å². The topological polar surface area (TPSA) is 121 Å².